The van der Waals surface area contributed by atoms with E-state index in [2.05, 4.69) is 16.3 Å². The van der Waals surface area contributed by atoms with Crippen LogP contribution in [0, 0.1) is 0 Å². The smallest absolute Gasteiger partial charge is 0.0705 e. The Bertz CT molecular complexity index is 514. The van der Waals surface area contributed by atoms with Gasteiger partial charge in [0.25, 0.3) is 0 Å². The highest BCUT2D eigenvalue weighted by Gasteiger charge is 2.18. The number of nitrogens with zero attached hydrogens (tertiary/aromatic N) is 1. The lowest BCUT2D eigenvalue weighted by Gasteiger charge is -2.11. The fourth-order valence-corrected chi connectivity index (χ4v) is 2.42. The van der Waals surface area contributed by atoms with Crippen molar-refractivity contribution < 1.29 is 0 Å². The highest BCUT2D eigenvalue weighted by molar-refractivity contribution is 5.76. The number of aromatic nitrogens is 2. The van der Waals surface area contributed by atoms with E-state index in [9.17, 15) is 0 Å². The van der Waals surface area contributed by atoms with Gasteiger partial charge in [0.15, 0.2) is 0 Å². The first-order chi connectivity index (χ1) is 7.86. The SMILES string of the molecule is Nc1ccccc1-c1[nH]nc2c1CCCC2. The number of aryl methyl sites for hydroxylation is 1. The summed E-state index contributed by atoms with van der Waals surface area (Å²) in [5, 5.41) is 7.54. The normalized spacial score (nSPS) is 14.8. The minimum atomic E-state index is 0.819. The molecule has 0 unspecified atom stereocenters. The molecule has 0 saturated heterocycles. The lowest BCUT2D eigenvalue weighted by molar-refractivity contribution is 0.675. The van der Waals surface area contributed by atoms with Crippen molar-refractivity contribution in [2.24, 2.45) is 0 Å². The number of hydrogen-bond donors (Lipinski definition) is 2. The molecule has 3 nitrogen and oxygen atoms in total. The Morgan fingerprint density at radius 1 is 1.12 bits per heavy atom. The molecule has 1 aromatic heterocycles. The number of hydrogen-bond acceptors (Lipinski definition) is 2. The monoisotopic (exact) mass is 213 g/mol. The molecule has 3 N–H and O–H groups in total. The average Bonchev–Trinajstić information content (AvgIpc) is 2.74. The molecule has 2 aromatic rings. The van der Waals surface area contributed by atoms with Crippen LogP contribution in [0.15, 0.2) is 24.3 Å². The predicted octanol–water partition coefficient (Wildman–Crippen LogP) is 2.54. The molecule has 0 bridgehead atoms. The summed E-state index contributed by atoms with van der Waals surface area (Å²) in [6.45, 7) is 0. The van der Waals surface area contributed by atoms with Crippen LogP contribution in [0.4, 0.5) is 5.69 Å². The van der Waals surface area contributed by atoms with E-state index in [0.29, 0.717) is 0 Å². The standard InChI is InChI=1S/C13H15N3/c14-11-7-3-1-5-9(11)13-10-6-2-4-8-12(10)15-16-13/h1,3,5,7H,2,4,6,8,14H2,(H,15,16). The van der Waals surface area contributed by atoms with Crippen LogP contribution in [0.2, 0.25) is 0 Å². The number of H-pyrrole nitrogens is 1. The number of aromatic amines is 1. The Morgan fingerprint density at radius 2 is 1.94 bits per heavy atom. The fraction of sp³-hybridized carbons (Fsp3) is 0.308. The molecular weight excluding hydrogens is 198 g/mol. The number of para-hydroxylation sites is 1. The summed E-state index contributed by atoms with van der Waals surface area (Å²) in [5.41, 5.74) is 11.6. The van der Waals surface area contributed by atoms with E-state index in [-0.39, 0.29) is 0 Å². The van der Waals surface area contributed by atoms with Gasteiger partial charge in [0.2, 0.25) is 0 Å². The molecule has 1 aromatic carbocycles. The van der Waals surface area contributed by atoms with Crippen LogP contribution >= 0.6 is 0 Å². The molecule has 0 spiro atoms. The number of nitrogen functional groups attached to an aromatic ring is 1. The molecule has 3 heteroatoms. The van der Waals surface area contributed by atoms with Crippen LogP contribution in [0.5, 0.6) is 0 Å². The molecule has 0 fully saturated rings. The molecule has 1 aliphatic rings. The van der Waals surface area contributed by atoms with E-state index in [1.165, 1.54) is 24.1 Å². The van der Waals surface area contributed by atoms with Crippen LogP contribution in [-0.2, 0) is 12.8 Å². The first-order valence-electron chi connectivity index (χ1n) is 5.77. The van der Waals surface area contributed by atoms with Gasteiger partial charge >= 0.3 is 0 Å². The van der Waals surface area contributed by atoms with Gasteiger partial charge < -0.3 is 5.73 Å². The second-order valence-corrected chi connectivity index (χ2v) is 4.32. The summed E-state index contributed by atoms with van der Waals surface area (Å²) in [4.78, 5) is 0. The first-order valence-corrected chi connectivity index (χ1v) is 5.77. The Hall–Kier alpha value is -1.77. The highest BCUT2D eigenvalue weighted by Crippen LogP contribution is 2.32. The Labute approximate surface area is 94.7 Å². The third kappa shape index (κ3) is 1.40. The quantitative estimate of drug-likeness (QED) is 0.715. The van der Waals surface area contributed by atoms with Crippen molar-refractivity contribution in [2.75, 3.05) is 5.73 Å². The molecule has 0 atom stereocenters. The Kier molecular flexibility index (Phi) is 2.17. The number of nitrogens with two attached hydrogens (primary N) is 1. The molecule has 0 saturated carbocycles. The van der Waals surface area contributed by atoms with Gasteiger partial charge in [-0.3, -0.25) is 5.10 Å². The number of rotatable bonds is 1. The van der Waals surface area contributed by atoms with Crippen molar-refractivity contribution >= 4 is 5.69 Å². The lowest BCUT2D eigenvalue weighted by Crippen LogP contribution is -2.01. The maximum atomic E-state index is 6.00. The third-order valence-electron chi connectivity index (χ3n) is 3.27. The van der Waals surface area contributed by atoms with E-state index in [1.54, 1.807) is 0 Å². The maximum Gasteiger partial charge on any atom is 0.0705 e. The van der Waals surface area contributed by atoms with Crippen molar-refractivity contribution in [2.45, 2.75) is 25.7 Å². The van der Waals surface area contributed by atoms with Gasteiger partial charge in [0, 0.05) is 16.8 Å². The van der Waals surface area contributed by atoms with Gasteiger partial charge in [-0.2, -0.15) is 5.10 Å². The van der Waals surface area contributed by atoms with Crippen molar-refractivity contribution in [1.29, 1.82) is 0 Å². The summed E-state index contributed by atoms with van der Waals surface area (Å²) >= 11 is 0. The predicted molar refractivity (Wildman–Crippen MR) is 65.1 cm³/mol. The van der Waals surface area contributed by atoms with E-state index in [0.717, 1.165) is 29.8 Å². The van der Waals surface area contributed by atoms with E-state index in [4.69, 9.17) is 5.73 Å². The van der Waals surface area contributed by atoms with Crippen LogP contribution in [0.1, 0.15) is 24.1 Å². The summed E-state index contributed by atoms with van der Waals surface area (Å²) < 4.78 is 0. The molecule has 0 radical (unpaired) electrons. The Balaban J connectivity index is 2.13. The van der Waals surface area contributed by atoms with Gasteiger partial charge in [0.05, 0.1) is 11.4 Å². The molecular formula is C13H15N3. The molecule has 16 heavy (non-hydrogen) atoms. The number of anilines is 1. The topological polar surface area (TPSA) is 54.7 Å². The second-order valence-electron chi connectivity index (χ2n) is 4.32. The fourth-order valence-electron chi connectivity index (χ4n) is 2.42. The lowest BCUT2D eigenvalue weighted by atomic mass is 9.93. The largest absolute Gasteiger partial charge is 0.398 e. The average molecular weight is 213 g/mol. The van der Waals surface area contributed by atoms with Crippen LogP contribution in [0.3, 0.4) is 0 Å². The minimum absolute atomic E-state index is 0.819. The summed E-state index contributed by atoms with van der Waals surface area (Å²) in [6.07, 6.45) is 4.72. The van der Waals surface area contributed by atoms with E-state index < -0.39 is 0 Å². The van der Waals surface area contributed by atoms with Crippen LogP contribution in [-0.4, -0.2) is 10.2 Å². The molecule has 1 heterocycles. The number of benzene rings is 1. The van der Waals surface area contributed by atoms with Gasteiger partial charge in [-0.05, 0) is 31.7 Å². The zero-order chi connectivity index (χ0) is 11.0. The van der Waals surface area contributed by atoms with Crippen molar-refractivity contribution in [1.82, 2.24) is 10.2 Å². The number of fused-ring (bicyclic) bond motifs is 1. The number of nitrogens with one attached hydrogen (secondary N) is 1. The van der Waals surface area contributed by atoms with Crippen LogP contribution in [0.25, 0.3) is 11.3 Å². The van der Waals surface area contributed by atoms with Gasteiger partial charge in [-0.15, -0.1) is 0 Å². The molecule has 1 aliphatic carbocycles. The van der Waals surface area contributed by atoms with Gasteiger partial charge in [-0.1, -0.05) is 18.2 Å². The molecule has 0 aliphatic heterocycles. The zero-order valence-electron chi connectivity index (χ0n) is 9.16. The summed E-state index contributed by atoms with van der Waals surface area (Å²) in [6, 6.07) is 7.96. The highest BCUT2D eigenvalue weighted by atomic mass is 15.1. The molecule has 0 amide bonds. The maximum absolute atomic E-state index is 6.00. The first kappa shape index (κ1) is 9.46. The molecule has 3 rings (SSSR count). The van der Waals surface area contributed by atoms with Gasteiger partial charge in [0.1, 0.15) is 0 Å². The second kappa shape index (κ2) is 3.67. The van der Waals surface area contributed by atoms with Gasteiger partial charge in [-0.25, -0.2) is 0 Å². The minimum Gasteiger partial charge on any atom is -0.398 e. The zero-order valence-corrected chi connectivity index (χ0v) is 9.16. The Morgan fingerprint density at radius 3 is 2.81 bits per heavy atom. The molecule has 82 valence electrons. The third-order valence-corrected chi connectivity index (χ3v) is 3.27. The summed E-state index contributed by atoms with van der Waals surface area (Å²) in [5.74, 6) is 0. The van der Waals surface area contributed by atoms with Crippen molar-refractivity contribution in [3.8, 4) is 11.3 Å². The van der Waals surface area contributed by atoms with E-state index in [1.807, 2.05) is 18.2 Å². The van der Waals surface area contributed by atoms with Crippen LogP contribution < -0.4 is 5.73 Å². The van der Waals surface area contributed by atoms with E-state index >= 15 is 0 Å². The van der Waals surface area contributed by atoms with Crippen molar-refractivity contribution in [3.63, 3.8) is 0 Å². The van der Waals surface area contributed by atoms with Crippen molar-refractivity contribution in [3.05, 3.63) is 35.5 Å². The summed E-state index contributed by atoms with van der Waals surface area (Å²) in [7, 11) is 0.